The van der Waals surface area contributed by atoms with Gasteiger partial charge >= 0.3 is 12.0 Å². The number of ether oxygens (including phenoxy) is 1. The van der Waals surface area contributed by atoms with E-state index in [1.807, 2.05) is 6.92 Å². The van der Waals surface area contributed by atoms with Gasteiger partial charge in [-0.3, -0.25) is 10.2 Å². The van der Waals surface area contributed by atoms with E-state index in [-0.39, 0.29) is 12.5 Å². The van der Waals surface area contributed by atoms with E-state index in [1.54, 1.807) is 6.92 Å². The molecule has 0 aromatic rings. The highest BCUT2D eigenvalue weighted by atomic mass is 19.3. The van der Waals surface area contributed by atoms with Crippen LogP contribution in [0.25, 0.3) is 0 Å². The summed E-state index contributed by atoms with van der Waals surface area (Å²) < 4.78 is 29.6. The molecule has 0 spiro atoms. The van der Waals surface area contributed by atoms with Crippen LogP contribution in [-0.4, -0.2) is 18.6 Å². The molecule has 14 heavy (non-hydrogen) atoms. The second-order valence-electron chi connectivity index (χ2n) is 3.20. The Morgan fingerprint density at radius 2 is 2.21 bits per heavy atom. The Labute approximate surface area is 81.8 Å². The minimum absolute atomic E-state index is 0.00329. The number of hydrogen-bond donors (Lipinski definition) is 2. The fraction of sp³-hybridized carbons (Fsp3) is 0.875. The molecule has 1 amide bonds. The Bertz CT molecular complexity index is 188. The van der Waals surface area contributed by atoms with Crippen LogP contribution < -0.4 is 11.3 Å². The molecule has 0 aliphatic rings. The number of nitrogens with one attached hydrogen (secondary N) is 1. The van der Waals surface area contributed by atoms with Gasteiger partial charge in [-0.15, -0.1) is 0 Å². The van der Waals surface area contributed by atoms with Gasteiger partial charge < -0.3 is 4.74 Å². The third kappa shape index (κ3) is 4.48. The van der Waals surface area contributed by atoms with Crippen LogP contribution in [-0.2, 0) is 9.53 Å². The number of halogens is 2. The molecule has 3 N–H and O–H groups in total. The van der Waals surface area contributed by atoms with E-state index in [9.17, 15) is 13.6 Å². The fourth-order valence-electron chi connectivity index (χ4n) is 0.973. The van der Waals surface area contributed by atoms with E-state index in [0.717, 1.165) is 12.8 Å². The lowest BCUT2D eigenvalue weighted by Gasteiger charge is -2.17. The van der Waals surface area contributed by atoms with Crippen LogP contribution in [0.15, 0.2) is 0 Å². The Balaban J connectivity index is 3.92. The first-order chi connectivity index (χ1) is 6.44. The van der Waals surface area contributed by atoms with Gasteiger partial charge in [0.15, 0.2) is 0 Å². The van der Waals surface area contributed by atoms with E-state index < -0.39 is 12.0 Å². The van der Waals surface area contributed by atoms with Crippen molar-refractivity contribution in [3.05, 3.63) is 0 Å². The van der Waals surface area contributed by atoms with Crippen LogP contribution in [0.4, 0.5) is 8.78 Å². The van der Waals surface area contributed by atoms with E-state index >= 15 is 0 Å². The zero-order valence-electron chi connectivity index (χ0n) is 8.35. The summed E-state index contributed by atoms with van der Waals surface area (Å²) in [7, 11) is 0. The largest absolute Gasteiger partial charge is 0.437 e. The minimum atomic E-state index is -3.84. The van der Waals surface area contributed by atoms with Crippen molar-refractivity contribution in [3.8, 4) is 0 Å². The van der Waals surface area contributed by atoms with Crippen molar-refractivity contribution in [1.29, 1.82) is 0 Å². The molecular weight excluding hydrogens is 194 g/mol. The Hall–Kier alpha value is -0.750. The van der Waals surface area contributed by atoms with Crippen molar-refractivity contribution in [2.75, 3.05) is 6.61 Å². The summed E-state index contributed by atoms with van der Waals surface area (Å²) in [6.07, 6.45) is -2.17. The van der Waals surface area contributed by atoms with Crippen molar-refractivity contribution in [1.82, 2.24) is 5.43 Å². The van der Waals surface area contributed by atoms with Gasteiger partial charge in [0.05, 0.1) is 6.61 Å². The predicted molar refractivity (Wildman–Crippen MR) is 47.3 cm³/mol. The molecule has 1 atom stereocenters. The van der Waals surface area contributed by atoms with E-state index in [4.69, 9.17) is 0 Å². The number of alkyl halides is 2. The number of carbonyl (C=O) groups excluding carboxylic acids is 1. The average molecular weight is 210 g/mol. The van der Waals surface area contributed by atoms with Crippen LogP contribution in [0.2, 0.25) is 0 Å². The van der Waals surface area contributed by atoms with Crippen molar-refractivity contribution in [2.24, 2.45) is 11.8 Å². The molecule has 0 radical (unpaired) electrons. The molecule has 6 heteroatoms. The number of hydrogen-bond acceptors (Lipinski definition) is 3. The van der Waals surface area contributed by atoms with Crippen LogP contribution >= 0.6 is 0 Å². The topological polar surface area (TPSA) is 64.3 Å². The number of hydrazine groups is 1. The fourth-order valence-corrected chi connectivity index (χ4v) is 0.973. The lowest BCUT2D eigenvalue weighted by molar-refractivity contribution is -0.235. The zero-order valence-corrected chi connectivity index (χ0v) is 8.35. The van der Waals surface area contributed by atoms with E-state index in [2.05, 4.69) is 10.6 Å². The summed E-state index contributed by atoms with van der Waals surface area (Å²) >= 11 is 0. The zero-order chi connectivity index (χ0) is 11.2. The molecule has 0 aliphatic carbocycles. The van der Waals surface area contributed by atoms with Gasteiger partial charge in [0, 0.05) is 0 Å². The maximum absolute atomic E-state index is 12.7. The lowest BCUT2D eigenvalue weighted by atomic mass is 10.1. The van der Waals surface area contributed by atoms with Gasteiger partial charge in [0.1, 0.15) is 0 Å². The number of rotatable bonds is 6. The van der Waals surface area contributed by atoms with Crippen molar-refractivity contribution < 1.29 is 18.3 Å². The third-order valence-electron chi connectivity index (χ3n) is 1.73. The average Bonchev–Trinajstić information content (AvgIpc) is 2.14. The normalized spacial score (nSPS) is 13.8. The van der Waals surface area contributed by atoms with Gasteiger partial charge in [-0.2, -0.15) is 8.78 Å². The van der Waals surface area contributed by atoms with Gasteiger partial charge in [0.2, 0.25) is 0 Å². The lowest BCUT2D eigenvalue weighted by Crippen LogP contribution is -2.45. The second kappa shape index (κ2) is 5.87. The smallest absolute Gasteiger partial charge is 0.312 e. The maximum Gasteiger partial charge on any atom is 0.437 e. The van der Waals surface area contributed by atoms with Gasteiger partial charge in [-0.1, -0.05) is 20.3 Å². The summed E-state index contributed by atoms with van der Waals surface area (Å²) in [6, 6.07) is 0. The standard InChI is InChI=1S/C8H16F2N2O2/c1-3-4-6(2)5-14-8(9,10)7(13)12-11/h6H,3-5,11H2,1-2H3,(H,12,13). The molecule has 0 fully saturated rings. The highest BCUT2D eigenvalue weighted by Crippen LogP contribution is 2.17. The van der Waals surface area contributed by atoms with Crippen molar-refractivity contribution >= 4 is 5.91 Å². The monoisotopic (exact) mass is 210 g/mol. The molecule has 0 aromatic heterocycles. The molecular formula is C8H16F2N2O2. The maximum atomic E-state index is 12.7. The Morgan fingerprint density at radius 3 is 2.64 bits per heavy atom. The molecule has 84 valence electrons. The molecule has 0 heterocycles. The quantitative estimate of drug-likeness (QED) is 0.391. The van der Waals surface area contributed by atoms with Crippen LogP contribution in [0, 0.1) is 5.92 Å². The SMILES string of the molecule is CCCC(C)COC(F)(F)C(=O)NN. The second-order valence-corrected chi connectivity index (χ2v) is 3.20. The summed E-state index contributed by atoms with van der Waals surface area (Å²) in [5.41, 5.74) is 1.35. The van der Waals surface area contributed by atoms with E-state index in [1.165, 1.54) is 5.43 Å². The first-order valence-corrected chi connectivity index (χ1v) is 4.46. The molecule has 0 saturated carbocycles. The summed E-state index contributed by atoms with van der Waals surface area (Å²) in [5, 5.41) is 0. The van der Waals surface area contributed by atoms with Crippen molar-refractivity contribution in [3.63, 3.8) is 0 Å². The van der Waals surface area contributed by atoms with Gasteiger partial charge in [-0.25, -0.2) is 5.84 Å². The number of amides is 1. The molecule has 0 aliphatic heterocycles. The van der Waals surface area contributed by atoms with E-state index in [0.29, 0.717) is 0 Å². The summed E-state index contributed by atoms with van der Waals surface area (Å²) in [6.45, 7) is 3.56. The van der Waals surface area contributed by atoms with Gasteiger partial charge in [0.25, 0.3) is 0 Å². The van der Waals surface area contributed by atoms with Gasteiger partial charge in [-0.05, 0) is 12.3 Å². The molecule has 4 nitrogen and oxygen atoms in total. The van der Waals surface area contributed by atoms with Crippen LogP contribution in [0.3, 0.4) is 0 Å². The number of nitrogens with two attached hydrogens (primary N) is 1. The molecule has 0 bridgehead atoms. The Kier molecular flexibility index (Phi) is 5.56. The number of carbonyl (C=O) groups is 1. The van der Waals surface area contributed by atoms with Crippen molar-refractivity contribution in [2.45, 2.75) is 32.8 Å². The molecule has 0 rings (SSSR count). The first-order valence-electron chi connectivity index (χ1n) is 4.46. The molecule has 0 aromatic carbocycles. The minimum Gasteiger partial charge on any atom is -0.312 e. The Morgan fingerprint density at radius 1 is 1.64 bits per heavy atom. The summed E-state index contributed by atoms with van der Waals surface area (Å²) in [4.78, 5) is 10.5. The first kappa shape index (κ1) is 13.2. The highest BCUT2D eigenvalue weighted by molar-refractivity contribution is 5.81. The van der Waals surface area contributed by atoms with Crippen LogP contribution in [0.5, 0.6) is 0 Å². The molecule has 0 saturated heterocycles. The van der Waals surface area contributed by atoms with Crippen LogP contribution in [0.1, 0.15) is 26.7 Å². The third-order valence-corrected chi connectivity index (χ3v) is 1.73. The highest BCUT2D eigenvalue weighted by Gasteiger charge is 2.40. The summed E-state index contributed by atoms with van der Waals surface area (Å²) in [5.74, 6) is 2.94. The molecule has 1 unspecified atom stereocenters. The predicted octanol–water partition coefficient (Wildman–Crippen LogP) is 1.02.